The molecule has 0 aliphatic carbocycles. The molecule has 12 heteroatoms. The van der Waals surface area contributed by atoms with Crippen LogP contribution in [0.4, 0.5) is 32.4 Å². The van der Waals surface area contributed by atoms with E-state index in [-0.39, 0.29) is 37.2 Å². The number of halogens is 5. The van der Waals surface area contributed by atoms with Gasteiger partial charge in [0, 0.05) is 37.2 Å². The number of carbonyl (C=O) groups is 1. The van der Waals surface area contributed by atoms with Gasteiger partial charge in [-0.3, -0.25) is 9.67 Å². The highest BCUT2D eigenvalue weighted by Gasteiger charge is 2.45. The van der Waals surface area contributed by atoms with E-state index in [1.165, 1.54) is 9.58 Å². The molecule has 2 amide bonds. The van der Waals surface area contributed by atoms with Gasteiger partial charge in [-0.15, -0.1) is 0 Å². The maximum absolute atomic E-state index is 14.8. The van der Waals surface area contributed by atoms with E-state index < -0.39 is 54.1 Å². The van der Waals surface area contributed by atoms with E-state index in [4.69, 9.17) is 0 Å². The van der Waals surface area contributed by atoms with Crippen LogP contribution in [0.25, 0.3) is 0 Å². The number of anilines is 1. The summed E-state index contributed by atoms with van der Waals surface area (Å²) < 4.78 is 70.8. The van der Waals surface area contributed by atoms with E-state index in [1.54, 1.807) is 6.92 Å². The molecule has 2 aliphatic rings. The highest BCUT2D eigenvalue weighted by molar-refractivity contribution is 5.90. The fraction of sp³-hybridized carbons (Fsp3) is 0.526. The highest BCUT2D eigenvalue weighted by Crippen LogP contribution is 2.41. The predicted octanol–water partition coefficient (Wildman–Crippen LogP) is 3.58. The summed E-state index contributed by atoms with van der Waals surface area (Å²) in [6.07, 6.45) is -3.80. The molecule has 2 aliphatic heterocycles. The Morgan fingerprint density at radius 3 is 2.84 bits per heavy atom. The molecule has 0 aromatic carbocycles. The molecule has 0 radical (unpaired) electrons. The van der Waals surface area contributed by atoms with E-state index in [2.05, 4.69) is 15.4 Å². The smallest absolute Gasteiger partial charge is 0.322 e. The summed E-state index contributed by atoms with van der Waals surface area (Å²) >= 11 is 0. The maximum atomic E-state index is 14.8. The van der Waals surface area contributed by atoms with Gasteiger partial charge in [-0.2, -0.15) is 13.9 Å². The van der Waals surface area contributed by atoms with Crippen LogP contribution in [0.15, 0.2) is 12.3 Å². The van der Waals surface area contributed by atoms with Crippen LogP contribution in [0.3, 0.4) is 0 Å². The molecule has 0 saturated carbocycles. The lowest BCUT2D eigenvalue weighted by atomic mass is 9.96. The van der Waals surface area contributed by atoms with Crippen LogP contribution in [0.2, 0.25) is 0 Å². The molecule has 0 saturated heterocycles. The van der Waals surface area contributed by atoms with Crippen LogP contribution in [-0.2, 0) is 25.4 Å². The molecular weight excluding hydrogens is 425 g/mol. The molecule has 4 heterocycles. The Hall–Kier alpha value is -2.76. The summed E-state index contributed by atoms with van der Waals surface area (Å²) in [7, 11) is 0. The third-order valence-corrected chi connectivity index (χ3v) is 5.62. The Morgan fingerprint density at radius 1 is 1.39 bits per heavy atom. The second-order valence-electron chi connectivity index (χ2n) is 7.82. The van der Waals surface area contributed by atoms with E-state index in [9.17, 15) is 31.9 Å². The summed E-state index contributed by atoms with van der Waals surface area (Å²) in [5, 5.41) is 16.3. The number of aryl methyl sites for hydroxylation is 1. The van der Waals surface area contributed by atoms with Gasteiger partial charge in [0.15, 0.2) is 5.82 Å². The first kappa shape index (κ1) is 21.5. The van der Waals surface area contributed by atoms with Gasteiger partial charge in [0.1, 0.15) is 11.4 Å². The Morgan fingerprint density at radius 2 is 2.13 bits per heavy atom. The zero-order valence-corrected chi connectivity index (χ0v) is 16.5. The topological polar surface area (TPSA) is 83.3 Å². The molecule has 0 bridgehead atoms. The first-order valence-electron chi connectivity index (χ1n) is 9.73. The van der Waals surface area contributed by atoms with Crippen LogP contribution < -0.4 is 5.32 Å². The molecule has 2 N–H and O–H groups in total. The van der Waals surface area contributed by atoms with Crippen molar-refractivity contribution in [1.29, 1.82) is 0 Å². The molecule has 168 valence electrons. The molecule has 2 aromatic heterocycles. The molecule has 0 unspecified atom stereocenters. The maximum Gasteiger partial charge on any atom is 0.322 e. The summed E-state index contributed by atoms with van der Waals surface area (Å²) in [6, 6.07) is -0.230. The van der Waals surface area contributed by atoms with E-state index in [1.807, 2.05) is 0 Å². The van der Waals surface area contributed by atoms with Crippen molar-refractivity contribution in [2.75, 3.05) is 5.32 Å². The largest absolute Gasteiger partial charge is 0.393 e. The molecule has 0 fully saturated rings. The van der Waals surface area contributed by atoms with Gasteiger partial charge < -0.3 is 15.3 Å². The second-order valence-corrected chi connectivity index (χ2v) is 7.82. The third kappa shape index (κ3) is 3.84. The molecule has 2 atom stereocenters. The average Bonchev–Trinajstić information content (AvgIpc) is 2.99. The van der Waals surface area contributed by atoms with Crippen molar-refractivity contribution in [3.63, 3.8) is 0 Å². The predicted molar refractivity (Wildman–Crippen MR) is 98.2 cm³/mol. The minimum atomic E-state index is -3.33. The number of rotatable bonds is 2. The van der Waals surface area contributed by atoms with Crippen molar-refractivity contribution in [3.8, 4) is 0 Å². The Bertz CT molecular complexity index is 1010. The number of aliphatic hydroxyl groups is 1. The van der Waals surface area contributed by atoms with Crippen molar-refractivity contribution in [1.82, 2.24) is 19.7 Å². The van der Waals surface area contributed by atoms with Crippen LogP contribution >= 0.6 is 0 Å². The van der Waals surface area contributed by atoms with Gasteiger partial charge in [0.05, 0.1) is 24.0 Å². The van der Waals surface area contributed by atoms with Crippen LogP contribution in [-0.4, -0.2) is 42.9 Å². The van der Waals surface area contributed by atoms with Gasteiger partial charge >= 0.3 is 6.03 Å². The van der Waals surface area contributed by atoms with E-state index in [0.29, 0.717) is 5.69 Å². The van der Waals surface area contributed by atoms with Crippen LogP contribution in [0, 0.1) is 5.82 Å². The minimum Gasteiger partial charge on any atom is -0.393 e. The summed E-state index contributed by atoms with van der Waals surface area (Å²) in [4.78, 5) is 17.3. The standard InChI is InChI=1S/C19H20F5N5O2/c1-9-6-13-11(16-19(23,24)7-10(30)3-5-29(16)27-13)8-28(9)18(31)26-12-2-4-25-15(14(12)20)17(21)22/h2,4,9-10,17,30H,3,5-8H2,1H3,(H,25,26,31)/t9-,10-/m1/s1. The molecule has 31 heavy (non-hydrogen) atoms. The lowest BCUT2D eigenvalue weighted by Crippen LogP contribution is -2.45. The minimum absolute atomic E-state index is 0.123. The molecule has 0 spiro atoms. The summed E-state index contributed by atoms with van der Waals surface area (Å²) in [6.45, 7) is 1.60. The zero-order chi connectivity index (χ0) is 22.5. The number of urea groups is 1. The number of amides is 2. The zero-order valence-electron chi connectivity index (χ0n) is 16.5. The quantitative estimate of drug-likeness (QED) is 0.693. The number of pyridine rings is 1. The van der Waals surface area contributed by atoms with Crippen LogP contribution in [0.1, 0.15) is 48.8 Å². The number of hydrogen-bond acceptors (Lipinski definition) is 4. The van der Waals surface area contributed by atoms with Crippen molar-refractivity contribution in [3.05, 3.63) is 40.7 Å². The van der Waals surface area contributed by atoms with Crippen molar-refractivity contribution in [2.45, 2.75) is 63.8 Å². The number of nitrogens with one attached hydrogen (secondary N) is 1. The number of carbonyl (C=O) groups excluding carboxylic acids is 1. The Kier molecular flexibility index (Phi) is 5.36. The lowest BCUT2D eigenvalue weighted by molar-refractivity contribution is -0.0509. The van der Waals surface area contributed by atoms with Gasteiger partial charge in [0.2, 0.25) is 0 Å². The highest BCUT2D eigenvalue weighted by atomic mass is 19.3. The van der Waals surface area contributed by atoms with E-state index >= 15 is 0 Å². The van der Waals surface area contributed by atoms with Crippen molar-refractivity contribution >= 4 is 11.7 Å². The molecule has 7 nitrogen and oxygen atoms in total. The van der Waals surface area contributed by atoms with Crippen molar-refractivity contribution < 1.29 is 31.9 Å². The molecule has 2 aromatic rings. The van der Waals surface area contributed by atoms with Gasteiger partial charge in [0.25, 0.3) is 12.3 Å². The fourth-order valence-corrected chi connectivity index (χ4v) is 4.10. The van der Waals surface area contributed by atoms with Crippen molar-refractivity contribution in [2.24, 2.45) is 0 Å². The monoisotopic (exact) mass is 445 g/mol. The number of alkyl halides is 4. The second kappa shape index (κ2) is 7.74. The summed E-state index contributed by atoms with van der Waals surface area (Å²) in [5.74, 6) is -4.68. The van der Waals surface area contributed by atoms with Crippen LogP contribution in [0.5, 0.6) is 0 Å². The first-order chi connectivity index (χ1) is 14.6. The number of nitrogens with zero attached hydrogens (tertiary/aromatic N) is 4. The molecule has 4 rings (SSSR count). The first-order valence-corrected chi connectivity index (χ1v) is 9.73. The fourth-order valence-electron chi connectivity index (χ4n) is 4.10. The SMILES string of the molecule is C[C@@H]1Cc2nn3c(c2CN1C(=O)Nc1ccnc(C(F)F)c1F)C(F)(F)C[C@H](O)CC3. The summed E-state index contributed by atoms with van der Waals surface area (Å²) in [5.41, 5.74) is -1.27. The number of aromatic nitrogens is 3. The third-order valence-electron chi connectivity index (χ3n) is 5.62. The number of fused-ring (bicyclic) bond motifs is 3. The Balaban J connectivity index is 1.62. The van der Waals surface area contributed by atoms with Gasteiger partial charge in [-0.1, -0.05) is 0 Å². The normalized spacial score (nSPS) is 22.6. The van der Waals surface area contributed by atoms with Gasteiger partial charge in [-0.05, 0) is 19.4 Å². The molecular formula is C19H20F5N5O2. The lowest BCUT2D eigenvalue weighted by Gasteiger charge is -2.34. The van der Waals surface area contributed by atoms with Gasteiger partial charge in [-0.25, -0.2) is 18.0 Å². The number of aliphatic hydroxyl groups excluding tert-OH is 1. The average molecular weight is 445 g/mol. The van der Waals surface area contributed by atoms with E-state index in [0.717, 1.165) is 12.3 Å². The number of hydrogen-bond donors (Lipinski definition) is 2. The Labute approximate surface area is 173 Å².